The van der Waals surface area contributed by atoms with E-state index in [-0.39, 0.29) is 23.8 Å². The molecule has 6 nitrogen and oxygen atoms in total. The Kier molecular flexibility index (Phi) is 6.62. The zero-order chi connectivity index (χ0) is 21.8. The third kappa shape index (κ3) is 5.27. The van der Waals surface area contributed by atoms with Crippen molar-refractivity contribution < 1.29 is 13.2 Å². The molecule has 1 aliphatic rings. The Morgan fingerprint density at radius 2 is 1.97 bits per heavy atom. The Morgan fingerprint density at radius 1 is 1.13 bits per heavy atom. The molecule has 2 aromatic carbocycles. The summed E-state index contributed by atoms with van der Waals surface area (Å²) in [5, 5.41) is 5.38. The summed E-state index contributed by atoms with van der Waals surface area (Å²) in [7, 11) is -3.72. The van der Waals surface area contributed by atoms with Gasteiger partial charge in [0.05, 0.1) is 16.3 Å². The van der Waals surface area contributed by atoms with Crippen molar-refractivity contribution in [1.29, 1.82) is 0 Å². The van der Waals surface area contributed by atoms with Crippen molar-refractivity contribution in [2.24, 2.45) is 0 Å². The van der Waals surface area contributed by atoms with Gasteiger partial charge in [0.15, 0.2) is 0 Å². The normalized spacial score (nSPS) is 13.6. The van der Waals surface area contributed by atoms with Crippen LogP contribution in [-0.2, 0) is 27.8 Å². The minimum absolute atomic E-state index is 0.00910. The highest BCUT2D eigenvalue weighted by Crippen LogP contribution is 2.32. The second-order valence-electron chi connectivity index (χ2n) is 7.21. The summed E-state index contributed by atoms with van der Waals surface area (Å²) in [6.07, 6.45) is 1.00. The van der Waals surface area contributed by atoms with Gasteiger partial charge in [0, 0.05) is 36.0 Å². The van der Waals surface area contributed by atoms with Gasteiger partial charge >= 0.3 is 0 Å². The van der Waals surface area contributed by atoms with Crippen LogP contribution in [0.2, 0.25) is 5.02 Å². The first-order valence-electron chi connectivity index (χ1n) is 9.87. The van der Waals surface area contributed by atoms with Gasteiger partial charge in [-0.1, -0.05) is 29.8 Å². The molecule has 0 spiro atoms. The number of sulfonamides is 1. The average Bonchev–Trinajstić information content (AvgIpc) is 3.22. The number of carbonyl (C=O) groups is 1. The Hall–Kier alpha value is -2.39. The summed E-state index contributed by atoms with van der Waals surface area (Å²) in [5.74, 6) is -0.255. The zero-order valence-electron chi connectivity index (χ0n) is 16.7. The van der Waals surface area contributed by atoms with Gasteiger partial charge in [0.25, 0.3) is 0 Å². The van der Waals surface area contributed by atoms with Gasteiger partial charge in [-0.15, -0.1) is 11.3 Å². The standard InChI is InChI=1S/C22H22ClN3O3S2/c23-17-4-3-5-18(14-17)31(28,29)24-11-8-22(27)25-19-6-1-2-7-20(19)26-12-9-21-16(15-26)10-13-30-21/h1-7,10,13-14,24H,8-9,11-12,15H2,(H,25,27). The maximum atomic E-state index is 12.5. The van der Waals surface area contributed by atoms with Crippen LogP contribution in [0.25, 0.3) is 0 Å². The molecule has 2 N–H and O–H groups in total. The molecule has 0 saturated heterocycles. The van der Waals surface area contributed by atoms with E-state index < -0.39 is 10.0 Å². The van der Waals surface area contributed by atoms with E-state index in [1.165, 1.54) is 22.6 Å². The van der Waals surface area contributed by atoms with Gasteiger partial charge < -0.3 is 10.2 Å². The van der Waals surface area contributed by atoms with E-state index in [4.69, 9.17) is 11.6 Å². The predicted octanol–water partition coefficient (Wildman–Crippen LogP) is 4.27. The fourth-order valence-electron chi connectivity index (χ4n) is 3.54. The van der Waals surface area contributed by atoms with Gasteiger partial charge in [0.2, 0.25) is 15.9 Å². The van der Waals surface area contributed by atoms with E-state index in [9.17, 15) is 13.2 Å². The largest absolute Gasteiger partial charge is 0.365 e. The van der Waals surface area contributed by atoms with Crippen LogP contribution in [-0.4, -0.2) is 27.4 Å². The summed E-state index contributed by atoms with van der Waals surface area (Å²) in [6.45, 7) is 1.69. The van der Waals surface area contributed by atoms with Crippen LogP contribution in [0.5, 0.6) is 0 Å². The molecule has 0 aliphatic carbocycles. The summed E-state index contributed by atoms with van der Waals surface area (Å²) in [4.78, 5) is 16.2. The van der Waals surface area contributed by atoms with E-state index in [0.717, 1.165) is 30.9 Å². The number of hydrogen-bond acceptors (Lipinski definition) is 5. The van der Waals surface area contributed by atoms with Crippen LogP contribution < -0.4 is 14.9 Å². The first kappa shape index (κ1) is 21.8. The summed E-state index contributed by atoms with van der Waals surface area (Å²) < 4.78 is 27.2. The van der Waals surface area contributed by atoms with Crippen molar-refractivity contribution in [1.82, 2.24) is 4.72 Å². The minimum atomic E-state index is -3.72. The minimum Gasteiger partial charge on any atom is -0.365 e. The Labute approximate surface area is 190 Å². The van der Waals surface area contributed by atoms with E-state index >= 15 is 0 Å². The molecule has 1 aliphatic heterocycles. The molecule has 2 heterocycles. The molecule has 0 unspecified atom stereocenters. The Bertz CT molecular complexity index is 1190. The molecule has 1 aromatic heterocycles. The van der Waals surface area contributed by atoms with Gasteiger partial charge in [-0.25, -0.2) is 13.1 Å². The summed E-state index contributed by atoms with van der Waals surface area (Å²) in [5.41, 5.74) is 3.02. The molecule has 0 fully saturated rings. The third-order valence-electron chi connectivity index (χ3n) is 5.08. The molecule has 4 rings (SSSR count). The fraction of sp³-hybridized carbons (Fsp3) is 0.227. The lowest BCUT2D eigenvalue weighted by atomic mass is 10.1. The quantitative estimate of drug-likeness (QED) is 0.535. The first-order valence-corrected chi connectivity index (χ1v) is 12.6. The van der Waals surface area contributed by atoms with Gasteiger partial charge in [-0.2, -0.15) is 0 Å². The average molecular weight is 476 g/mol. The smallest absolute Gasteiger partial charge is 0.240 e. The molecule has 1 amide bonds. The number of amides is 1. The number of para-hydroxylation sites is 2. The summed E-state index contributed by atoms with van der Waals surface area (Å²) in [6, 6.07) is 15.8. The maximum Gasteiger partial charge on any atom is 0.240 e. The number of fused-ring (bicyclic) bond motifs is 1. The molecule has 0 saturated carbocycles. The van der Waals surface area contributed by atoms with Crippen molar-refractivity contribution in [3.8, 4) is 0 Å². The van der Waals surface area contributed by atoms with Gasteiger partial charge in [0.1, 0.15) is 0 Å². The number of benzene rings is 2. The Morgan fingerprint density at radius 3 is 2.81 bits per heavy atom. The Balaban J connectivity index is 1.36. The fourth-order valence-corrected chi connectivity index (χ4v) is 5.76. The number of rotatable bonds is 7. The van der Waals surface area contributed by atoms with Gasteiger partial charge in [-0.3, -0.25) is 4.79 Å². The van der Waals surface area contributed by atoms with Crippen molar-refractivity contribution in [2.45, 2.75) is 24.3 Å². The molecule has 9 heteroatoms. The lowest BCUT2D eigenvalue weighted by Crippen LogP contribution is -2.31. The number of anilines is 2. The molecule has 3 aromatic rings. The van der Waals surface area contributed by atoms with Crippen molar-refractivity contribution in [3.05, 3.63) is 75.4 Å². The van der Waals surface area contributed by atoms with E-state index in [1.54, 1.807) is 23.5 Å². The van der Waals surface area contributed by atoms with Crippen molar-refractivity contribution in [2.75, 3.05) is 23.3 Å². The number of nitrogens with zero attached hydrogens (tertiary/aromatic N) is 1. The molecular formula is C22H22ClN3O3S2. The number of halogens is 1. The van der Waals surface area contributed by atoms with E-state index in [0.29, 0.717) is 5.02 Å². The molecule has 162 valence electrons. The molecule has 0 radical (unpaired) electrons. The molecule has 0 atom stereocenters. The van der Waals surface area contributed by atoms with Crippen LogP contribution >= 0.6 is 22.9 Å². The lowest BCUT2D eigenvalue weighted by Gasteiger charge is -2.30. The monoisotopic (exact) mass is 475 g/mol. The number of thiophene rings is 1. The second-order valence-corrected chi connectivity index (χ2v) is 10.4. The highest BCUT2D eigenvalue weighted by atomic mass is 35.5. The van der Waals surface area contributed by atoms with Crippen molar-refractivity contribution >= 4 is 50.2 Å². The highest BCUT2D eigenvalue weighted by Gasteiger charge is 2.20. The van der Waals surface area contributed by atoms with Crippen LogP contribution in [0.1, 0.15) is 16.9 Å². The second kappa shape index (κ2) is 9.40. The van der Waals surface area contributed by atoms with Crippen LogP contribution in [0.3, 0.4) is 0 Å². The van der Waals surface area contributed by atoms with Crippen LogP contribution in [0, 0.1) is 0 Å². The van der Waals surface area contributed by atoms with Crippen molar-refractivity contribution in [3.63, 3.8) is 0 Å². The lowest BCUT2D eigenvalue weighted by molar-refractivity contribution is -0.116. The number of nitrogens with one attached hydrogen (secondary N) is 2. The highest BCUT2D eigenvalue weighted by molar-refractivity contribution is 7.89. The van der Waals surface area contributed by atoms with E-state index in [2.05, 4.69) is 26.4 Å². The molecule has 0 bridgehead atoms. The maximum absolute atomic E-state index is 12.5. The van der Waals surface area contributed by atoms with Crippen LogP contribution in [0.4, 0.5) is 11.4 Å². The topological polar surface area (TPSA) is 78.5 Å². The predicted molar refractivity (Wildman–Crippen MR) is 125 cm³/mol. The first-order chi connectivity index (χ1) is 14.9. The molecular weight excluding hydrogens is 454 g/mol. The van der Waals surface area contributed by atoms with Gasteiger partial charge in [-0.05, 0) is 53.8 Å². The van der Waals surface area contributed by atoms with Crippen LogP contribution in [0.15, 0.2) is 64.9 Å². The third-order valence-corrected chi connectivity index (χ3v) is 7.79. The SMILES string of the molecule is O=C(CCNS(=O)(=O)c1cccc(Cl)c1)Nc1ccccc1N1CCc2sccc2C1. The number of hydrogen-bond donors (Lipinski definition) is 2. The number of carbonyl (C=O) groups excluding carboxylic acids is 1. The summed E-state index contributed by atoms with van der Waals surface area (Å²) >= 11 is 7.65. The van der Waals surface area contributed by atoms with E-state index in [1.807, 2.05) is 24.3 Å². The molecule has 31 heavy (non-hydrogen) atoms. The zero-order valence-corrected chi connectivity index (χ0v) is 19.1.